The number of rotatable bonds is 6. The highest BCUT2D eigenvalue weighted by Gasteiger charge is 2.10. The molecular formula is C12H17N3O2S. The second-order valence-corrected chi connectivity index (χ2v) is 4.83. The van der Waals surface area contributed by atoms with Crippen LogP contribution in [-0.2, 0) is 17.7 Å². The third-order valence-electron chi connectivity index (χ3n) is 2.50. The number of hydrogen-bond acceptors (Lipinski definition) is 6. The van der Waals surface area contributed by atoms with Crippen molar-refractivity contribution in [1.29, 1.82) is 0 Å². The molecule has 0 unspecified atom stereocenters. The predicted octanol–water partition coefficient (Wildman–Crippen LogP) is 2.26. The maximum atomic E-state index is 5.54. The molecule has 2 aromatic rings. The fourth-order valence-electron chi connectivity index (χ4n) is 1.57. The minimum absolute atomic E-state index is 0.650. The number of anilines is 1. The molecule has 0 aliphatic heterocycles. The number of hydrogen-bond donors (Lipinski definition) is 0. The average molecular weight is 267 g/mol. The highest BCUT2D eigenvalue weighted by Crippen LogP contribution is 2.19. The number of aromatic nitrogens is 2. The second-order valence-electron chi connectivity index (χ2n) is 4.10. The topological polar surface area (TPSA) is 51.4 Å². The van der Waals surface area contributed by atoms with Gasteiger partial charge in [0.05, 0.1) is 13.2 Å². The molecule has 2 aromatic heterocycles. The van der Waals surface area contributed by atoms with Gasteiger partial charge in [-0.05, 0) is 19.1 Å². The Hall–Kier alpha value is -1.40. The monoisotopic (exact) mass is 267 g/mol. The molecule has 2 heterocycles. The van der Waals surface area contributed by atoms with E-state index in [2.05, 4.69) is 9.36 Å². The Bertz CT molecular complexity index is 495. The summed E-state index contributed by atoms with van der Waals surface area (Å²) in [5.41, 5.74) is 0. The molecule has 0 amide bonds. The first-order valence-corrected chi connectivity index (χ1v) is 6.54. The van der Waals surface area contributed by atoms with Gasteiger partial charge in [-0.1, -0.05) is 0 Å². The maximum absolute atomic E-state index is 5.54. The normalized spacial score (nSPS) is 10.8. The van der Waals surface area contributed by atoms with E-state index in [1.807, 2.05) is 31.0 Å². The predicted molar refractivity (Wildman–Crippen MR) is 71.0 cm³/mol. The van der Waals surface area contributed by atoms with Crippen LogP contribution >= 0.6 is 11.5 Å². The molecular weight excluding hydrogens is 250 g/mol. The number of methoxy groups -OCH3 is 1. The van der Waals surface area contributed by atoms with Crippen LogP contribution in [0.2, 0.25) is 0 Å². The Morgan fingerprint density at radius 1 is 1.44 bits per heavy atom. The second kappa shape index (κ2) is 5.97. The summed E-state index contributed by atoms with van der Waals surface area (Å²) in [6, 6.07) is 3.95. The molecule has 2 rings (SSSR count). The molecule has 98 valence electrons. The first-order valence-electron chi connectivity index (χ1n) is 5.77. The third-order valence-corrected chi connectivity index (χ3v) is 3.37. The molecule has 5 nitrogen and oxygen atoms in total. The van der Waals surface area contributed by atoms with E-state index in [1.165, 1.54) is 11.5 Å². The van der Waals surface area contributed by atoms with Gasteiger partial charge >= 0.3 is 0 Å². The van der Waals surface area contributed by atoms with Crippen molar-refractivity contribution in [2.45, 2.75) is 19.9 Å². The van der Waals surface area contributed by atoms with E-state index in [4.69, 9.17) is 9.15 Å². The van der Waals surface area contributed by atoms with Gasteiger partial charge in [0.1, 0.15) is 17.3 Å². The van der Waals surface area contributed by atoms with Crippen LogP contribution in [0.25, 0.3) is 0 Å². The van der Waals surface area contributed by atoms with E-state index in [1.54, 1.807) is 7.11 Å². The Balaban J connectivity index is 1.96. The molecule has 18 heavy (non-hydrogen) atoms. The summed E-state index contributed by atoms with van der Waals surface area (Å²) < 4.78 is 14.9. The lowest BCUT2D eigenvalue weighted by atomic mass is 10.4. The first kappa shape index (κ1) is 13.0. The van der Waals surface area contributed by atoms with Gasteiger partial charge in [-0.2, -0.15) is 4.37 Å². The largest absolute Gasteiger partial charge is 0.464 e. The zero-order valence-corrected chi connectivity index (χ0v) is 11.7. The zero-order valence-electron chi connectivity index (χ0n) is 10.8. The van der Waals surface area contributed by atoms with E-state index >= 15 is 0 Å². The molecule has 0 atom stereocenters. The first-order chi connectivity index (χ1) is 8.69. The van der Waals surface area contributed by atoms with Gasteiger partial charge in [0.15, 0.2) is 0 Å². The number of furan rings is 1. The van der Waals surface area contributed by atoms with E-state index in [-0.39, 0.29) is 0 Å². The van der Waals surface area contributed by atoms with Gasteiger partial charge in [-0.25, -0.2) is 4.98 Å². The molecule has 0 aromatic carbocycles. The molecule has 0 bridgehead atoms. The Morgan fingerprint density at radius 2 is 2.28 bits per heavy atom. The number of aryl methyl sites for hydroxylation is 1. The van der Waals surface area contributed by atoms with E-state index in [0.717, 1.165) is 28.9 Å². The molecule has 0 saturated heterocycles. The van der Waals surface area contributed by atoms with Crippen LogP contribution in [0.3, 0.4) is 0 Å². The SMILES string of the molecule is COCCc1nsc(N(C)Cc2ccc(C)o2)n1. The Morgan fingerprint density at radius 3 is 2.94 bits per heavy atom. The Kier molecular flexibility index (Phi) is 4.33. The minimum Gasteiger partial charge on any atom is -0.464 e. The van der Waals surface area contributed by atoms with Crippen molar-refractivity contribution >= 4 is 16.7 Å². The maximum Gasteiger partial charge on any atom is 0.205 e. The van der Waals surface area contributed by atoms with Gasteiger partial charge in [-0.15, -0.1) is 0 Å². The van der Waals surface area contributed by atoms with Gasteiger partial charge in [0.2, 0.25) is 5.13 Å². The van der Waals surface area contributed by atoms with Crippen molar-refractivity contribution in [2.75, 3.05) is 25.7 Å². The van der Waals surface area contributed by atoms with Gasteiger partial charge in [-0.3, -0.25) is 0 Å². The van der Waals surface area contributed by atoms with Crippen molar-refractivity contribution in [1.82, 2.24) is 9.36 Å². The van der Waals surface area contributed by atoms with Crippen molar-refractivity contribution < 1.29 is 9.15 Å². The van der Waals surface area contributed by atoms with Crippen LogP contribution in [0.1, 0.15) is 17.3 Å². The summed E-state index contributed by atoms with van der Waals surface area (Å²) in [6.07, 6.45) is 0.751. The van der Waals surface area contributed by atoms with Crippen LogP contribution in [-0.4, -0.2) is 30.1 Å². The summed E-state index contributed by atoms with van der Waals surface area (Å²) in [7, 11) is 3.66. The lowest BCUT2D eigenvalue weighted by Crippen LogP contribution is -2.15. The summed E-state index contributed by atoms with van der Waals surface area (Å²) in [6.45, 7) is 3.29. The third kappa shape index (κ3) is 3.30. The molecule has 0 spiro atoms. The molecule has 6 heteroatoms. The van der Waals surface area contributed by atoms with Crippen molar-refractivity contribution in [3.63, 3.8) is 0 Å². The zero-order chi connectivity index (χ0) is 13.0. The lowest BCUT2D eigenvalue weighted by molar-refractivity contribution is 0.201. The molecule has 0 fully saturated rings. The van der Waals surface area contributed by atoms with Gasteiger partial charge < -0.3 is 14.1 Å². The average Bonchev–Trinajstić information content (AvgIpc) is 2.96. The fraction of sp³-hybridized carbons (Fsp3) is 0.500. The van der Waals surface area contributed by atoms with Crippen LogP contribution in [0, 0.1) is 6.92 Å². The molecule has 0 aliphatic rings. The summed E-state index contributed by atoms with van der Waals surface area (Å²) in [4.78, 5) is 6.50. The molecule has 0 aliphatic carbocycles. The van der Waals surface area contributed by atoms with Crippen LogP contribution in [0.15, 0.2) is 16.5 Å². The smallest absolute Gasteiger partial charge is 0.205 e. The van der Waals surface area contributed by atoms with Gasteiger partial charge in [0, 0.05) is 32.1 Å². The Labute approximate surface area is 111 Å². The summed E-state index contributed by atoms with van der Waals surface area (Å²) >= 11 is 1.40. The van der Waals surface area contributed by atoms with E-state index in [9.17, 15) is 0 Å². The van der Waals surface area contributed by atoms with Gasteiger partial charge in [0.25, 0.3) is 0 Å². The highest BCUT2D eigenvalue weighted by atomic mass is 32.1. The fourth-order valence-corrected chi connectivity index (χ4v) is 2.24. The van der Waals surface area contributed by atoms with Crippen molar-refractivity contribution in [3.05, 3.63) is 29.5 Å². The number of ether oxygens (including phenoxy) is 1. The van der Waals surface area contributed by atoms with Crippen molar-refractivity contribution in [2.24, 2.45) is 0 Å². The highest BCUT2D eigenvalue weighted by molar-refractivity contribution is 7.09. The standard InChI is InChI=1S/C12H17N3O2S/c1-9-4-5-10(17-9)8-15(2)12-13-11(14-18-12)6-7-16-3/h4-5H,6-8H2,1-3H3. The molecule has 0 N–H and O–H groups in total. The van der Waals surface area contributed by atoms with E-state index < -0.39 is 0 Å². The lowest BCUT2D eigenvalue weighted by Gasteiger charge is -2.12. The number of nitrogens with zero attached hydrogens (tertiary/aromatic N) is 3. The van der Waals surface area contributed by atoms with Crippen LogP contribution < -0.4 is 4.90 Å². The summed E-state index contributed by atoms with van der Waals surface area (Å²) in [5.74, 6) is 2.69. The minimum atomic E-state index is 0.650. The van der Waals surface area contributed by atoms with Crippen LogP contribution in [0.4, 0.5) is 5.13 Å². The van der Waals surface area contributed by atoms with Crippen LogP contribution in [0.5, 0.6) is 0 Å². The quantitative estimate of drug-likeness (QED) is 0.803. The molecule has 0 radical (unpaired) electrons. The summed E-state index contributed by atoms with van der Waals surface area (Å²) in [5, 5.41) is 0.898. The van der Waals surface area contributed by atoms with E-state index in [0.29, 0.717) is 13.2 Å². The molecule has 0 saturated carbocycles. The van der Waals surface area contributed by atoms with Crippen molar-refractivity contribution in [3.8, 4) is 0 Å².